The maximum atomic E-state index is 11.2. The third-order valence-corrected chi connectivity index (χ3v) is 4.56. The van der Waals surface area contributed by atoms with Crippen LogP contribution < -0.4 is 0 Å². The Morgan fingerprint density at radius 2 is 2.05 bits per heavy atom. The molecule has 5 atom stereocenters. The largest absolute Gasteiger partial charge is 0.466 e. The van der Waals surface area contributed by atoms with Crippen molar-refractivity contribution in [3.8, 4) is 0 Å². The molecule has 1 N–H and O–H groups in total. The van der Waals surface area contributed by atoms with Gasteiger partial charge in [-0.15, -0.1) is 0 Å². The number of aliphatic hydroxyl groups excluding tert-OH is 1. The lowest BCUT2D eigenvalue weighted by atomic mass is 9.57. The molecule has 2 aliphatic carbocycles. The molecule has 1 fully saturated rings. The zero-order chi connectivity index (χ0) is 14.9. The van der Waals surface area contributed by atoms with Crippen molar-refractivity contribution in [1.82, 2.24) is 0 Å². The molecule has 0 aromatic heterocycles. The van der Waals surface area contributed by atoms with Crippen LogP contribution in [0.1, 0.15) is 33.6 Å². The van der Waals surface area contributed by atoms with Crippen molar-refractivity contribution in [3.63, 3.8) is 0 Å². The van der Waals surface area contributed by atoms with Gasteiger partial charge in [0.15, 0.2) is 0 Å². The molecule has 0 aromatic carbocycles. The highest BCUT2D eigenvalue weighted by atomic mass is 16.5. The van der Waals surface area contributed by atoms with E-state index in [4.69, 9.17) is 9.47 Å². The van der Waals surface area contributed by atoms with Crippen LogP contribution in [-0.2, 0) is 19.1 Å². The Morgan fingerprint density at radius 1 is 1.35 bits per heavy atom. The van der Waals surface area contributed by atoms with Crippen molar-refractivity contribution in [2.75, 3.05) is 6.61 Å². The Kier molecular flexibility index (Phi) is 4.18. The molecular formula is C15H22O5. The number of esters is 2. The predicted molar refractivity (Wildman–Crippen MR) is 71.7 cm³/mol. The van der Waals surface area contributed by atoms with E-state index in [1.807, 2.05) is 6.08 Å². The summed E-state index contributed by atoms with van der Waals surface area (Å²) in [7, 11) is 0. The molecule has 112 valence electrons. The van der Waals surface area contributed by atoms with E-state index in [1.54, 1.807) is 6.08 Å². The van der Waals surface area contributed by atoms with Gasteiger partial charge in [0, 0.05) is 25.7 Å². The second kappa shape index (κ2) is 5.56. The lowest BCUT2D eigenvalue weighted by Crippen LogP contribution is -2.53. The number of carbonyl (C=O) groups is 2. The molecule has 0 aliphatic heterocycles. The van der Waals surface area contributed by atoms with Crippen molar-refractivity contribution < 1.29 is 24.2 Å². The Labute approximate surface area is 118 Å². The van der Waals surface area contributed by atoms with Crippen molar-refractivity contribution in [3.05, 3.63) is 12.2 Å². The number of hydrogen-bond acceptors (Lipinski definition) is 5. The van der Waals surface area contributed by atoms with E-state index in [-0.39, 0.29) is 41.9 Å². The normalized spacial score (nSPS) is 39.2. The summed E-state index contributed by atoms with van der Waals surface area (Å²) in [5, 5.41) is 10.2. The topological polar surface area (TPSA) is 72.8 Å². The minimum Gasteiger partial charge on any atom is -0.466 e. The number of aliphatic hydroxyl groups is 1. The van der Waals surface area contributed by atoms with Crippen molar-refractivity contribution >= 4 is 11.9 Å². The standard InChI is InChI=1S/C15H22O5/c1-9(16)19-8-11-14-12(18)4-6-15(11,3)7-5-13(14)20-10(2)17/h4,6,11-14,18H,5,7-8H2,1-3H3/t11-,12+,13-,14+,15-/m1/s1. The highest BCUT2D eigenvalue weighted by molar-refractivity contribution is 5.66. The molecule has 5 nitrogen and oxygen atoms in total. The zero-order valence-corrected chi connectivity index (χ0v) is 12.2. The van der Waals surface area contributed by atoms with E-state index in [9.17, 15) is 14.7 Å². The van der Waals surface area contributed by atoms with Gasteiger partial charge >= 0.3 is 11.9 Å². The summed E-state index contributed by atoms with van der Waals surface area (Å²) >= 11 is 0. The monoisotopic (exact) mass is 282 g/mol. The number of rotatable bonds is 3. The van der Waals surface area contributed by atoms with Crippen molar-refractivity contribution in [2.24, 2.45) is 17.3 Å². The fraction of sp³-hybridized carbons (Fsp3) is 0.733. The second-order valence-electron chi connectivity index (χ2n) is 6.03. The average molecular weight is 282 g/mol. The molecule has 5 heteroatoms. The first kappa shape index (κ1) is 15.0. The van der Waals surface area contributed by atoms with Gasteiger partial charge in [0.2, 0.25) is 0 Å². The average Bonchev–Trinajstić information content (AvgIpc) is 2.35. The molecule has 20 heavy (non-hydrogen) atoms. The van der Waals surface area contributed by atoms with Crippen LogP contribution in [0.25, 0.3) is 0 Å². The number of ether oxygens (including phenoxy) is 2. The Bertz CT molecular complexity index is 430. The third kappa shape index (κ3) is 2.87. The first-order valence-corrected chi connectivity index (χ1v) is 7.01. The Morgan fingerprint density at radius 3 is 2.65 bits per heavy atom. The van der Waals surface area contributed by atoms with Crippen LogP contribution in [0.15, 0.2) is 12.2 Å². The molecule has 0 radical (unpaired) electrons. The summed E-state index contributed by atoms with van der Waals surface area (Å²) in [6.07, 6.45) is 4.35. The summed E-state index contributed by atoms with van der Waals surface area (Å²) < 4.78 is 10.5. The molecular weight excluding hydrogens is 260 g/mol. The van der Waals surface area contributed by atoms with E-state index in [0.717, 1.165) is 12.8 Å². The van der Waals surface area contributed by atoms with Gasteiger partial charge in [-0.2, -0.15) is 0 Å². The SMILES string of the molecule is CC(=O)OC[C@@H]1[C@H]2[C@@H](O)C=C[C@]1(C)CC[C@H]2OC(C)=O. The highest BCUT2D eigenvalue weighted by Gasteiger charge is 2.51. The molecule has 0 aromatic rings. The van der Waals surface area contributed by atoms with E-state index >= 15 is 0 Å². The van der Waals surface area contributed by atoms with Crippen LogP contribution in [-0.4, -0.2) is 35.9 Å². The maximum Gasteiger partial charge on any atom is 0.302 e. The minimum absolute atomic E-state index is 0.0375. The van der Waals surface area contributed by atoms with E-state index in [2.05, 4.69) is 6.92 Å². The number of allylic oxidation sites excluding steroid dienone is 1. The smallest absolute Gasteiger partial charge is 0.302 e. The first-order valence-electron chi connectivity index (χ1n) is 7.01. The Balaban J connectivity index is 2.23. The summed E-state index contributed by atoms with van der Waals surface area (Å²) in [6, 6.07) is 0. The summed E-state index contributed by atoms with van der Waals surface area (Å²) in [6.45, 7) is 5.09. The molecule has 0 unspecified atom stereocenters. The number of fused-ring (bicyclic) bond motifs is 2. The summed E-state index contributed by atoms with van der Waals surface area (Å²) in [4.78, 5) is 22.3. The van der Waals surface area contributed by atoms with Gasteiger partial charge in [-0.05, 0) is 18.3 Å². The Hall–Kier alpha value is -1.36. The quantitative estimate of drug-likeness (QED) is 0.626. The lowest BCUT2D eigenvalue weighted by molar-refractivity contribution is -0.168. The minimum atomic E-state index is -0.673. The van der Waals surface area contributed by atoms with Crippen molar-refractivity contribution in [2.45, 2.75) is 45.8 Å². The predicted octanol–water partition coefficient (Wildman–Crippen LogP) is 1.44. The number of hydrogen-bond donors (Lipinski definition) is 1. The zero-order valence-electron chi connectivity index (χ0n) is 12.2. The van der Waals surface area contributed by atoms with Gasteiger partial charge in [0.1, 0.15) is 6.10 Å². The van der Waals surface area contributed by atoms with Gasteiger partial charge < -0.3 is 14.6 Å². The van der Waals surface area contributed by atoms with Gasteiger partial charge in [-0.1, -0.05) is 19.1 Å². The third-order valence-electron chi connectivity index (χ3n) is 4.56. The second-order valence-corrected chi connectivity index (χ2v) is 6.03. The number of carbonyl (C=O) groups excluding carboxylic acids is 2. The molecule has 0 saturated heterocycles. The van der Waals surface area contributed by atoms with Crippen LogP contribution in [0.2, 0.25) is 0 Å². The molecule has 2 aliphatic rings. The first-order chi connectivity index (χ1) is 9.33. The fourth-order valence-corrected chi connectivity index (χ4v) is 3.50. The van der Waals surface area contributed by atoms with E-state index < -0.39 is 6.10 Å². The van der Waals surface area contributed by atoms with E-state index in [1.165, 1.54) is 13.8 Å². The van der Waals surface area contributed by atoms with Crippen molar-refractivity contribution in [1.29, 1.82) is 0 Å². The van der Waals surface area contributed by atoms with Crippen LogP contribution >= 0.6 is 0 Å². The van der Waals surface area contributed by atoms with E-state index in [0.29, 0.717) is 0 Å². The molecule has 0 spiro atoms. The molecule has 1 saturated carbocycles. The molecule has 2 bridgehead atoms. The van der Waals surface area contributed by atoms with Gasteiger partial charge in [0.25, 0.3) is 0 Å². The fourth-order valence-electron chi connectivity index (χ4n) is 3.50. The maximum absolute atomic E-state index is 11.2. The molecule has 2 rings (SSSR count). The molecule has 0 amide bonds. The van der Waals surface area contributed by atoms with Gasteiger partial charge in [-0.3, -0.25) is 9.59 Å². The highest BCUT2D eigenvalue weighted by Crippen LogP contribution is 2.50. The van der Waals surface area contributed by atoms with Crippen LogP contribution in [0.4, 0.5) is 0 Å². The summed E-state index contributed by atoms with van der Waals surface area (Å²) in [5.74, 6) is -0.933. The van der Waals surface area contributed by atoms with Crippen LogP contribution in [0, 0.1) is 17.3 Å². The van der Waals surface area contributed by atoms with Gasteiger partial charge in [0.05, 0.1) is 12.7 Å². The van der Waals surface area contributed by atoms with Gasteiger partial charge in [-0.25, -0.2) is 0 Å². The molecule has 0 heterocycles. The van der Waals surface area contributed by atoms with Crippen LogP contribution in [0.5, 0.6) is 0 Å². The lowest BCUT2D eigenvalue weighted by Gasteiger charge is -2.51. The van der Waals surface area contributed by atoms with Crippen LogP contribution in [0.3, 0.4) is 0 Å². The summed E-state index contributed by atoms with van der Waals surface area (Å²) in [5.41, 5.74) is -0.129.